The van der Waals surface area contributed by atoms with E-state index < -0.39 is 10.0 Å². The zero-order chi connectivity index (χ0) is 18.3. The molecule has 1 rings (SSSR count). The summed E-state index contributed by atoms with van der Waals surface area (Å²) in [6.45, 7) is 2.76. The highest BCUT2D eigenvalue weighted by molar-refractivity contribution is 7.89. The average Bonchev–Trinajstić information content (AvgIpc) is 2.54. The van der Waals surface area contributed by atoms with Crippen LogP contribution in [0.4, 0.5) is 11.4 Å². The van der Waals surface area contributed by atoms with Gasteiger partial charge in [0.15, 0.2) is 0 Å². The molecule has 0 fully saturated rings. The highest BCUT2D eigenvalue weighted by atomic mass is 35.5. The van der Waals surface area contributed by atoms with Crippen molar-refractivity contribution in [3.05, 3.63) is 18.2 Å². The Morgan fingerprint density at radius 1 is 1.32 bits per heavy atom. The van der Waals surface area contributed by atoms with Crippen LogP contribution in [-0.2, 0) is 19.6 Å². The molecule has 0 aliphatic heterocycles. The summed E-state index contributed by atoms with van der Waals surface area (Å²) < 4.78 is 30.7. The van der Waals surface area contributed by atoms with Crippen LogP contribution in [0.3, 0.4) is 0 Å². The van der Waals surface area contributed by atoms with Crippen LogP contribution in [0.1, 0.15) is 13.3 Å². The number of halogens is 1. The van der Waals surface area contributed by atoms with E-state index in [2.05, 4.69) is 10.6 Å². The normalized spacial score (nSPS) is 12.4. The van der Waals surface area contributed by atoms with E-state index in [1.165, 1.54) is 33.3 Å². The van der Waals surface area contributed by atoms with E-state index in [1.807, 2.05) is 6.92 Å². The van der Waals surface area contributed by atoms with Gasteiger partial charge in [0.05, 0.1) is 28.8 Å². The molecule has 0 heterocycles. The minimum Gasteiger partial charge on any atom is -0.384 e. The number of carbonyl (C=O) groups is 1. The first-order valence-corrected chi connectivity index (χ1v) is 9.03. The number of hydrogen-bond donors (Lipinski definition) is 3. The monoisotopic (exact) mass is 394 g/mol. The van der Waals surface area contributed by atoms with Crippen LogP contribution < -0.4 is 16.4 Å². The number of nitrogens with two attached hydrogens (primary N) is 1. The summed E-state index contributed by atoms with van der Waals surface area (Å²) in [5.74, 6) is -0.300. The molecule has 0 aliphatic rings. The zero-order valence-electron chi connectivity index (χ0n) is 14.9. The number of sulfonamides is 1. The first kappa shape index (κ1) is 23.6. The van der Waals surface area contributed by atoms with Gasteiger partial charge in [0.1, 0.15) is 0 Å². The van der Waals surface area contributed by atoms with Crippen LogP contribution in [0.2, 0.25) is 0 Å². The van der Waals surface area contributed by atoms with Crippen LogP contribution in [0.25, 0.3) is 0 Å². The Kier molecular flexibility index (Phi) is 9.98. The maximum atomic E-state index is 12.3. The van der Waals surface area contributed by atoms with Crippen LogP contribution in [-0.4, -0.2) is 59.0 Å². The third kappa shape index (κ3) is 6.44. The molecular weight excluding hydrogens is 368 g/mol. The second-order valence-corrected chi connectivity index (χ2v) is 7.52. The number of hydrogen-bond acceptors (Lipinski definition) is 6. The summed E-state index contributed by atoms with van der Waals surface area (Å²) in [6, 6.07) is 4.57. The molecule has 0 aliphatic carbocycles. The van der Waals surface area contributed by atoms with Gasteiger partial charge in [0, 0.05) is 34.3 Å². The van der Waals surface area contributed by atoms with E-state index in [1.54, 1.807) is 6.07 Å². The first-order chi connectivity index (χ1) is 11.3. The largest absolute Gasteiger partial charge is 0.384 e. The highest BCUT2D eigenvalue weighted by Crippen LogP contribution is 2.27. The van der Waals surface area contributed by atoms with Gasteiger partial charge in [-0.2, -0.15) is 0 Å². The molecule has 1 unspecified atom stereocenters. The molecule has 1 aromatic carbocycles. The van der Waals surface area contributed by atoms with Gasteiger partial charge in [-0.15, -0.1) is 12.4 Å². The van der Waals surface area contributed by atoms with Crippen molar-refractivity contribution in [2.24, 2.45) is 5.73 Å². The number of ether oxygens (including phenoxy) is 1. The van der Waals surface area contributed by atoms with Crippen molar-refractivity contribution in [3.8, 4) is 0 Å². The number of nitrogens with zero attached hydrogens (tertiary/aromatic N) is 1. The van der Waals surface area contributed by atoms with Gasteiger partial charge in [-0.3, -0.25) is 4.79 Å². The lowest BCUT2D eigenvalue weighted by molar-refractivity contribution is -0.118. The summed E-state index contributed by atoms with van der Waals surface area (Å²) in [5, 5.41) is 5.82. The van der Waals surface area contributed by atoms with Gasteiger partial charge in [-0.05, 0) is 25.1 Å². The van der Waals surface area contributed by atoms with Crippen molar-refractivity contribution in [2.75, 3.05) is 44.9 Å². The quantitative estimate of drug-likeness (QED) is 0.577. The second kappa shape index (κ2) is 10.6. The topological polar surface area (TPSA) is 114 Å². The van der Waals surface area contributed by atoms with Crippen molar-refractivity contribution in [2.45, 2.75) is 24.3 Å². The van der Waals surface area contributed by atoms with Crippen LogP contribution in [0.5, 0.6) is 0 Å². The lowest BCUT2D eigenvalue weighted by atomic mass is 10.2. The standard InChI is InChI=1S/C15H26N4O4S.ClH/c1-5-17-13-7-6-12(24(21,22)19(2)3)9-14(13)18-15(20)8-11(10-16)23-4;/h6-7,9,11,17H,5,8,10,16H2,1-4H3,(H,18,20);1H. The summed E-state index contributed by atoms with van der Waals surface area (Å²) in [5.41, 5.74) is 6.56. The van der Waals surface area contributed by atoms with Gasteiger partial charge >= 0.3 is 0 Å². The van der Waals surface area contributed by atoms with Gasteiger partial charge in [-0.25, -0.2) is 12.7 Å². The Labute approximate surface area is 155 Å². The number of nitrogens with one attached hydrogen (secondary N) is 2. The molecular formula is C15H27ClN4O4S. The Morgan fingerprint density at radius 2 is 1.96 bits per heavy atom. The third-order valence-corrected chi connectivity index (χ3v) is 5.23. The predicted molar refractivity (Wildman–Crippen MR) is 102 cm³/mol. The summed E-state index contributed by atoms with van der Waals surface area (Å²) in [4.78, 5) is 12.3. The van der Waals surface area contributed by atoms with Crippen molar-refractivity contribution in [3.63, 3.8) is 0 Å². The Hall–Kier alpha value is -1.39. The van der Waals surface area contributed by atoms with E-state index in [4.69, 9.17) is 10.5 Å². The Morgan fingerprint density at radius 3 is 2.44 bits per heavy atom. The van der Waals surface area contributed by atoms with Crippen molar-refractivity contribution in [1.29, 1.82) is 0 Å². The van der Waals surface area contributed by atoms with Gasteiger partial charge in [-0.1, -0.05) is 0 Å². The van der Waals surface area contributed by atoms with Crippen molar-refractivity contribution >= 4 is 39.7 Å². The molecule has 0 spiro atoms. The summed E-state index contributed by atoms with van der Waals surface area (Å²) in [7, 11) is 0.805. The fraction of sp³-hybridized carbons (Fsp3) is 0.533. The molecule has 144 valence electrons. The van der Waals surface area contributed by atoms with E-state index >= 15 is 0 Å². The number of rotatable bonds is 9. The molecule has 0 saturated carbocycles. The van der Waals surface area contributed by atoms with E-state index in [9.17, 15) is 13.2 Å². The second-order valence-electron chi connectivity index (χ2n) is 5.37. The molecule has 1 aromatic rings. The van der Waals surface area contributed by atoms with Crippen LogP contribution >= 0.6 is 12.4 Å². The summed E-state index contributed by atoms with van der Waals surface area (Å²) in [6.07, 6.45) is -0.301. The van der Waals surface area contributed by atoms with Gasteiger partial charge in [0.2, 0.25) is 15.9 Å². The van der Waals surface area contributed by atoms with E-state index in [0.717, 1.165) is 4.31 Å². The van der Waals surface area contributed by atoms with E-state index in [0.29, 0.717) is 17.9 Å². The summed E-state index contributed by atoms with van der Waals surface area (Å²) >= 11 is 0. The maximum Gasteiger partial charge on any atom is 0.242 e. The number of amides is 1. The zero-order valence-corrected chi connectivity index (χ0v) is 16.5. The fourth-order valence-corrected chi connectivity index (χ4v) is 2.94. The molecule has 0 aromatic heterocycles. The molecule has 1 atom stereocenters. The van der Waals surface area contributed by atoms with Crippen LogP contribution in [0.15, 0.2) is 23.1 Å². The molecule has 0 saturated heterocycles. The average molecular weight is 395 g/mol. The smallest absolute Gasteiger partial charge is 0.242 e. The Balaban J connectivity index is 0.00000576. The van der Waals surface area contributed by atoms with Crippen LogP contribution in [0, 0.1) is 0 Å². The highest BCUT2D eigenvalue weighted by Gasteiger charge is 2.20. The molecule has 0 bridgehead atoms. The lowest BCUT2D eigenvalue weighted by Gasteiger charge is -2.17. The molecule has 0 radical (unpaired) electrons. The predicted octanol–water partition coefficient (Wildman–Crippen LogP) is 1.09. The minimum atomic E-state index is -3.59. The maximum absolute atomic E-state index is 12.3. The van der Waals surface area contributed by atoms with Gasteiger partial charge in [0.25, 0.3) is 0 Å². The lowest BCUT2D eigenvalue weighted by Crippen LogP contribution is -2.28. The molecule has 25 heavy (non-hydrogen) atoms. The van der Waals surface area contributed by atoms with E-state index in [-0.39, 0.29) is 42.3 Å². The molecule has 4 N–H and O–H groups in total. The number of carbonyl (C=O) groups excluding carboxylic acids is 1. The molecule has 8 nitrogen and oxygen atoms in total. The fourth-order valence-electron chi connectivity index (χ4n) is 2.01. The minimum absolute atomic E-state index is 0. The first-order valence-electron chi connectivity index (χ1n) is 7.59. The van der Waals surface area contributed by atoms with Crippen molar-refractivity contribution < 1.29 is 17.9 Å². The SMILES string of the molecule is CCNc1ccc(S(=O)(=O)N(C)C)cc1NC(=O)CC(CN)OC.Cl. The number of anilines is 2. The van der Waals surface area contributed by atoms with Crippen molar-refractivity contribution in [1.82, 2.24) is 4.31 Å². The Bertz CT molecular complexity index is 663. The molecule has 10 heteroatoms. The number of methoxy groups -OCH3 is 1. The number of benzene rings is 1. The van der Waals surface area contributed by atoms with Gasteiger partial charge < -0.3 is 21.1 Å². The third-order valence-electron chi connectivity index (χ3n) is 3.42. The molecule has 1 amide bonds.